The van der Waals surface area contributed by atoms with E-state index in [9.17, 15) is 0 Å². The highest BCUT2D eigenvalue weighted by atomic mass is 14.9. The van der Waals surface area contributed by atoms with Crippen LogP contribution in [-0.4, -0.2) is 13.1 Å². The molecule has 0 bridgehead atoms. The Bertz CT molecular complexity index is 127. The lowest BCUT2D eigenvalue weighted by molar-refractivity contribution is 0.668. The minimum atomic E-state index is 1.06. The summed E-state index contributed by atoms with van der Waals surface area (Å²) >= 11 is 0. The van der Waals surface area contributed by atoms with Crippen molar-refractivity contribution < 1.29 is 0 Å². The molecule has 0 unspecified atom stereocenters. The maximum Gasteiger partial charge on any atom is 0.0183 e. The second kappa shape index (κ2) is 2.14. The minimum absolute atomic E-state index is 1.06. The third-order valence-corrected chi connectivity index (χ3v) is 1.15. The highest BCUT2D eigenvalue weighted by molar-refractivity contribution is 5.24. The quantitative estimate of drug-likeness (QED) is 0.531. The maximum absolute atomic E-state index is 3.77. The fourth-order valence-corrected chi connectivity index (χ4v) is 0.720. The molecule has 0 amide bonds. The summed E-state index contributed by atoms with van der Waals surface area (Å²) in [7, 11) is 0. The Morgan fingerprint density at radius 3 is 2.50 bits per heavy atom. The van der Waals surface area contributed by atoms with Crippen LogP contribution in [0.4, 0.5) is 0 Å². The van der Waals surface area contributed by atoms with Gasteiger partial charge in [0.05, 0.1) is 0 Å². The van der Waals surface area contributed by atoms with Gasteiger partial charge in [-0.15, -0.1) is 0 Å². The second-order valence-electron chi connectivity index (χ2n) is 2.25. The Morgan fingerprint density at radius 2 is 2.38 bits per heavy atom. The molecule has 0 aromatic heterocycles. The standard InChI is InChI=1S/C7H11N/c1-6(2)3-7-4-8-5-7/h3,8H,1,4-5H2,2H3. The number of hydrogen-bond acceptors (Lipinski definition) is 1. The van der Waals surface area contributed by atoms with E-state index in [1.165, 1.54) is 5.57 Å². The molecule has 1 heteroatoms. The molecule has 1 rings (SSSR count). The first-order chi connectivity index (χ1) is 3.79. The predicted molar refractivity (Wildman–Crippen MR) is 35.8 cm³/mol. The van der Waals surface area contributed by atoms with Gasteiger partial charge in [-0.3, -0.25) is 0 Å². The van der Waals surface area contributed by atoms with E-state index in [0.29, 0.717) is 0 Å². The van der Waals surface area contributed by atoms with Crippen LogP contribution in [0.2, 0.25) is 0 Å². The van der Waals surface area contributed by atoms with Crippen LogP contribution in [-0.2, 0) is 0 Å². The number of hydrogen-bond donors (Lipinski definition) is 1. The first kappa shape index (κ1) is 5.57. The summed E-state index contributed by atoms with van der Waals surface area (Å²) in [6.07, 6.45) is 2.14. The third-order valence-electron chi connectivity index (χ3n) is 1.15. The molecule has 1 saturated heterocycles. The molecule has 0 radical (unpaired) electrons. The van der Waals surface area contributed by atoms with Crippen molar-refractivity contribution in [2.75, 3.05) is 13.1 Å². The van der Waals surface area contributed by atoms with Crippen LogP contribution in [0.5, 0.6) is 0 Å². The van der Waals surface area contributed by atoms with Gasteiger partial charge < -0.3 is 5.32 Å². The van der Waals surface area contributed by atoms with Crippen LogP contribution < -0.4 is 5.32 Å². The molecule has 1 aliphatic heterocycles. The van der Waals surface area contributed by atoms with E-state index in [4.69, 9.17) is 0 Å². The zero-order chi connectivity index (χ0) is 5.98. The van der Waals surface area contributed by atoms with Gasteiger partial charge in [0, 0.05) is 13.1 Å². The normalized spacial score (nSPS) is 17.4. The van der Waals surface area contributed by atoms with E-state index < -0.39 is 0 Å². The zero-order valence-electron chi connectivity index (χ0n) is 5.20. The summed E-state index contributed by atoms with van der Waals surface area (Å²) < 4.78 is 0. The van der Waals surface area contributed by atoms with Gasteiger partial charge in [0.1, 0.15) is 0 Å². The molecule has 1 fully saturated rings. The first-order valence-electron chi connectivity index (χ1n) is 2.85. The SMILES string of the molecule is C=C(C)C=C1CNC1. The molecule has 44 valence electrons. The summed E-state index contributed by atoms with van der Waals surface area (Å²) in [5.41, 5.74) is 2.62. The predicted octanol–water partition coefficient (Wildman–Crippen LogP) is 1.09. The highest BCUT2D eigenvalue weighted by Gasteiger charge is 2.04. The maximum atomic E-state index is 3.77. The Balaban J connectivity index is 2.42. The van der Waals surface area contributed by atoms with Gasteiger partial charge in [0.15, 0.2) is 0 Å². The molecule has 1 aliphatic rings. The highest BCUT2D eigenvalue weighted by Crippen LogP contribution is 2.03. The summed E-state index contributed by atoms with van der Waals surface area (Å²) in [4.78, 5) is 0. The Labute approximate surface area is 50.1 Å². The van der Waals surface area contributed by atoms with Crippen molar-refractivity contribution in [2.45, 2.75) is 6.92 Å². The van der Waals surface area contributed by atoms with Crippen molar-refractivity contribution in [1.82, 2.24) is 5.32 Å². The van der Waals surface area contributed by atoms with Crippen molar-refractivity contribution in [1.29, 1.82) is 0 Å². The first-order valence-corrected chi connectivity index (χ1v) is 2.85. The Morgan fingerprint density at radius 1 is 1.75 bits per heavy atom. The number of allylic oxidation sites excluding steroid dienone is 2. The van der Waals surface area contributed by atoms with Crippen LogP contribution in [0.1, 0.15) is 6.92 Å². The van der Waals surface area contributed by atoms with E-state index in [-0.39, 0.29) is 0 Å². The van der Waals surface area contributed by atoms with Crippen molar-refractivity contribution >= 4 is 0 Å². The monoisotopic (exact) mass is 109 g/mol. The molecule has 1 nitrogen and oxygen atoms in total. The van der Waals surface area contributed by atoms with Crippen molar-refractivity contribution in [3.8, 4) is 0 Å². The van der Waals surface area contributed by atoms with Gasteiger partial charge in [0.25, 0.3) is 0 Å². The van der Waals surface area contributed by atoms with E-state index in [0.717, 1.165) is 18.7 Å². The summed E-state index contributed by atoms with van der Waals surface area (Å²) in [5, 5.41) is 3.16. The molecule has 0 aromatic carbocycles. The zero-order valence-corrected chi connectivity index (χ0v) is 5.20. The summed E-state index contributed by atoms with van der Waals surface area (Å²) in [6, 6.07) is 0. The fourth-order valence-electron chi connectivity index (χ4n) is 0.720. The molecular weight excluding hydrogens is 98.1 g/mol. The minimum Gasteiger partial charge on any atom is -0.309 e. The molecule has 0 aromatic rings. The van der Waals surface area contributed by atoms with Crippen LogP contribution >= 0.6 is 0 Å². The van der Waals surface area contributed by atoms with E-state index in [1.54, 1.807) is 0 Å². The topological polar surface area (TPSA) is 12.0 Å². The van der Waals surface area contributed by atoms with Gasteiger partial charge in [-0.1, -0.05) is 18.2 Å². The molecule has 0 atom stereocenters. The number of rotatable bonds is 1. The average Bonchev–Trinajstić information content (AvgIpc) is 1.55. The Kier molecular flexibility index (Phi) is 1.49. The van der Waals surface area contributed by atoms with Crippen molar-refractivity contribution in [3.63, 3.8) is 0 Å². The van der Waals surface area contributed by atoms with Gasteiger partial charge in [-0.2, -0.15) is 0 Å². The van der Waals surface area contributed by atoms with Gasteiger partial charge in [0.2, 0.25) is 0 Å². The lowest BCUT2D eigenvalue weighted by Gasteiger charge is -2.18. The van der Waals surface area contributed by atoms with Crippen LogP contribution in [0, 0.1) is 0 Å². The molecule has 0 aliphatic carbocycles. The van der Waals surface area contributed by atoms with Crippen LogP contribution in [0.25, 0.3) is 0 Å². The molecule has 0 spiro atoms. The van der Waals surface area contributed by atoms with E-state index >= 15 is 0 Å². The average molecular weight is 109 g/mol. The molecule has 1 heterocycles. The lowest BCUT2D eigenvalue weighted by atomic mass is 10.1. The fraction of sp³-hybridized carbons (Fsp3) is 0.429. The van der Waals surface area contributed by atoms with Gasteiger partial charge >= 0.3 is 0 Å². The summed E-state index contributed by atoms with van der Waals surface area (Å²) in [6.45, 7) is 7.92. The summed E-state index contributed by atoms with van der Waals surface area (Å²) in [5.74, 6) is 0. The van der Waals surface area contributed by atoms with Gasteiger partial charge in [-0.25, -0.2) is 0 Å². The lowest BCUT2D eigenvalue weighted by Crippen LogP contribution is -2.33. The number of nitrogens with one attached hydrogen (secondary N) is 1. The van der Waals surface area contributed by atoms with Crippen LogP contribution in [0.15, 0.2) is 23.8 Å². The van der Waals surface area contributed by atoms with E-state index in [1.807, 2.05) is 6.92 Å². The largest absolute Gasteiger partial charge is 0.309 e. The molecule has 0 saturated carbocycles. The molecular formula is C7H11N. The van der Waals surface area contributed by atoms with E-state index in [2.05, 4.69) is 18.0 Å². The molecule has 8 heavy (non-hydrogen) atoms. The Hall–Kier alpha value is -0.560. The smallest absolute Gasteiger partial charge is 0.0183 e. The van der Waals surface area contributed by atoms with Crippen molar-refractivity contribution in [2.24, 2.45) is 0 Å². The van der Waals surface area contributed by atoms with Crippen molar-refractivity contribution in [3.05, 3.63) is 23.8 Å². The third kappa shape index (κ3) is 1.20. The second-order valence-corrected chi connectivity index (χ2v) is 2.25. The van der Waals surface area contributed by atoms with Crippen LogP contribution in [0.3, 0.4) is 0 Å². The van der Waals surface area contributed by atoms with Gasteiger partial charge in [-0.05, 0) is 12.5 Å². The molecule has 1 N–H and O–H groups in total.